The van der Waals surface area contributed by atoms with E-state index in [9.17, 15) is 0 Å². The van der Waals surface area contributed by atoms with E-state index in [0.717, 1.165) is 46.8 Å². The third kappa shape index (κ3) is 4.57. The van der Waals surface area contributed by atoms with Crippen molar-refractivity contribution < 1.29 is 0 Å². The zero-order valence-corrected chi connectivity index (χ0v) is 19.3. The van der Waals surface area contributed by atoms with E-state index in [4.69, 9.17) is 0 Å². The summed E-state index contributed by atoms with van der Waals surface area (Å²) in [5.74, 6) is 0.837. The number of para-hydroxylation sites is 1. The molecule has 0 unspecified atom stereocenters. The van der Waals surface area contributed by atoms with Crippen molar-refractivity contribution in [3.05, 3.63) is 84.5 Å². The molecule has 1 fully saturated rings. The van der Waals surface area contributed by atoms with Crippen LogP contribution in [-0.2, 0) is 0 Å². The van der Waals surface area contributed by atoms with E-state index in [1.54, 1.807) is 0 Å². The van der Waals surface area contributed by atoms with Crippen LogP contribution >= 0.6 is 0 Å². The van der Waals surface area contributed by atoms with Gasteiger partial charge in [-0.05, 0) is 73.2 Å². The van der Waals surface area contributed by atoms with Gasteiger partial charge in [-0.1, -0.05) is 61.9 Å². The van der Waals surface area contributed by atoms with Crippen molar-refractivity contribution in [1.29, 1.82) is 0 Å². The van der Waals surface area contributed by atoms with Crippen molar-refractivity contribution in [1.82, 2.24) is 20.5 Å². The summed E-state index contributed by atoms with van der Waals surface area (Å²) in [4.78, 5) is 3.51. The van der Waals surface area contributed by atoms with Crippen molar-refractivity contribution in [2.75, 3.05) is 13.1 Å². The van der Waals surface area contributed by atoms with Gasteiger partial charge in [0, 0.05) is 22.8 Å². The second-order valence-electron chi connectivity index (χ2n) is 9.05. The number of H-pyrrole nitrogens is 2. The topological polar surface area (TPSA) is 56.5 Å². The molecule has 2 aromatic heterocycles. The number of hydrogen-bond donors (Lipinski definition) is 3. The smallest absolute Gasteiger partial charge is 0.116 e. The molecule has 168 valence electrons. The molecule has 0 amide bonds. The molecule has 2 heterocycles. The highest BCUT2D eigenvalue weighted by molar-refractivity contribution is 5.97. The molecule has 5 rings (SSSR count). The molecule has 0 spiro atoms. The summed E-state index contributed by atoms with van der Waals surface area (Å²) in [6.45, 7) is 8.10. The van der Waals surface area contributed by atoms with Crippen LogP contribution in [0.4, 0.5) is 0 Å². The fraction of sp³-hybridized carbons (Fsp3) is 0.276. The lowest BCUT2D eigenvalue weighted by atomic mass is 10.00. The summed E-state index contributed by atoms with van der Waals surface area (Å²) in [5, 5.41) is 13.8. The molecule has 1 aliphatic carbocycles. The Kier molecular flexibility index (Phi) is 6.27. The molecule has 0 bridgehead atoms. The zero-order valence-electron chi connectivity index (χ0n) is 19.3. The number of nitrogens with zero attached hydrogens (tertiary/aromatic N) is 1. The molecular weight excluding hydrogens is 404 g/mol. The van der Waals surface area contributed by atoms with E-state index >= 15 is 0 Å². The molecule has 1 saturated carbocycles. The van der Waals surface area contributed by atoms with Crippen LogP contribution in [0.1, 0.15) is 38.2 Å². The summed E-state index contributed by atoms with van der Waals surface area (Å²) >= 11 is 0. The molecule has 4 aromatic rings. The summed E-state index contributed by atoms with van der Waals surface area (Å²) < 4.78 is 0. The molecule has 3 N–H and O–H groups in total. The maximum atomic E-state index is 4.63. The molecule has 33 heavy (non-hydrogen) atoms. The standard InChI is InChI=1S/C29H32N4/c1-3-20(18-30-19-21-9-5-6-10-21)15-22(4-2)23-13-14-27-25(16-23)29(33-32-27)28-17-24-11-7-8-12-26(24)31-28/h3-4,7-8,11-17,21,30-31H,1,5-6,9-10,18-19H2,2H3,(H,32,33)/b20-15+,22-4+. The van der Waals surface area contributed by atoms with Gasteiger partial charge in [-0.3, -0.25) is 5.10 Å². The van der Waals surface area contributed by atoms with Gasteiger partial charge in [0.15, 0.2) is 0 Å². The largest absolute Gasteiger partial charge is 0.353 e. The first-order valence-corrected chi connectivity index (χ1v) is 12.0. The highest BCUT2D eigenvalue weighted by atomic mass is 15.1. The number of nitrogens with one attached hydrogen (secondary N) is 3. The van der Waals surface area contributed by atoms with E-state index < -0.39 is 0 Å². The van der Waals surface area contributed by atoms with Crippen LogP contribution in [0.25, 0.3) is 38.8 Å². The predicted octanol–water partition coefficient (Wildman–Crippen LogP) is 7.01. The lowest BCUT2D eigenvalue weighted by Crippen LogP contribution is -2.23. The third-order valence-corrected chi connectivity index (χ3v) is 6.83. The van der Waals surface area contributed by atoms with Crippen LogP contribution in [0, 0.1) is 5.92 Å². The Labute approximate surface area is 195 Å². The quantitative estimate of drug-likeness (QED) is 0.260. The van der Waals surface area contributed by atoms with Crippen molar-refractivity contribution >= 4 is 27.4 Å². The second kappa shape index (κ2) is 9.63. The number of aromatic nitrogens is 3. The first-order valence-electron chi connectivity index (χ1n) is 12.0. The number of rotatable bonds is 8. The molecule has 2 aromatic carbocycles. The summed E-state index contributed by atoms with van der Waals surface area (Å²) in [6.07, 6.45) is 11.9. The number of allylic oxidation sites excluding steroid dienone is 3. The van der Waals surface area contributed by atoms with Crippen LogP contribution in [0.3, 0.4) is 0 Å². The minimum Gasteiger partial charge on any atom is -0.353 e. The monoisotopic (exact) mass is 436 g/mol. The number of aromatic amines is 2. The number of benzene rings is 2. The maximum absolute atomic E-state index is 4.63. The predicted molar refractivity (Wildman–Crippen MR) is 140 cm³/mol. The molecule has 0 aliphatic heterocycles. The van der Waals surface area contributed by atoms with Crippen molar-refractivity contribution in [2.45, 2.75) is 32.6 Å². The minimum absolute atomic E-state index is 0.837. The SMILES string of the molecule is C=C/C(=C\C(=C/C)c1ccc2[nH]nc(-c3cc4ccccc4[nH]3)c2c1)CNCC1CCCC1. The van der Waals surface area contributed by atoms with Gasteiger partial charge in [0.2, 0.25) is 0 Å². The molecule has 1 aliphatic rings. The fourth-order valence-corrected chi connectivity index (χ4v) is 4.95. The fourth-order valence-electron chi connectivity index (χ4n) is 4.95. The molecule has 4 nitrogen and oxygen atoms in total. The maximum Gasteiger partial charge on any atom is 0.116 e. The van der Waals surface area contributed by atoms with Crippen LogP contribution in [0.15, 0.2) is 78.9 Å². The van der Waals surface area contributed by atoms with Gasteiger partial charge in [-0.25, -0.2) is 0 Å². The Hall–Kier alpha value is -3.37. The van der Waals surface area contributed by atoms with Crippen LogP contribution in [-0.4, -0.2) is 28.3 Å². The van der Waals surface area contributed by atoms with Gasteiger partial charge < -0.3 is 10.3 Å². The average molecular weight is 437 g/mol. The Morgan fingerprint density at radius 3 is 2.76 bits per heavy atom. The summed E-state index contributed by atoms with van der Waals surface area (Å²) in [7, 11) is 0. The highest BCUT2D eigenvalue weighted by Crippen LogP contribution is 2.31. The van der Waals surface area contributed by atoms with Gasteiger partial charge in [-0.15, -0.1) is 0 Å². The van der Waals surface area contributed by atoms with Gasteiger partial charge in [0.25, 0.3) is 0 Å². The molecule has 0 saturated heterocycles. The zero-order chi connectivity index (χ0) is 22.6. The van der Waals surface area contributed by atoms with Crippen molar-refractivity contribution in [2.24, 2.45) is 5.92 Å². The van der Waals surface area contributed by atoms with Crippen molar-refractivity contribution in [3.63, 3.8) is 0 Å². The van der Waals surface area contributed by atoms with E-state index in [1.807, 2.05) is 12.1 Å². The first-order chi connectivity index (χ1) is 16.2. The molecule has 4 heteroatoms. The summed E-state index contributed by atoms with van der Waals surface area (Å²) in [6, 6.07) is 17.0. The Bertz CT molecular complexity index is 1300. The Balaban J connectivity index is 1.41. The van der Waals surface area contributed by atoms with Gasteiger partial charge in [0.05, 0.1) is 11.2 Å². The van der Waals surface area contributed by atoms with Gasteiger partial charge in [0.1, 0.15) is 5.69 Å². The number of fused-ring (bicyclic) bond motifs is 2. The second-order valence-corrected chi connectivity index (χ2v) is 9.05. The lowest BCUT2D eigenvalue weighted by molar-refractivity contribution is 0.503. The van der Waals surface area contributed by atoms with E-state index in [2.05, 4.69) is 88.6 Å². The molecule has 0 radical (unpaired) electrons. The Morgan fingerprint density at radius 1 is 1.12 bits per heavy atom. The van der Waals surface area contributed by atoms with Gasteiger partial charge >= 0.3 is 0 Å². The van der Waals surface area contributed by atoms with E-state index in [0.29, 0.717) is 0 Å². The molecular formula is C29H32N4. The third-order valence-electron chi connectivity index (χ3n) is 6.83. The first kappa shape index (κ1) is 21.5. The summed E-state index contributed by atoms with van der Waals surface area (Å²) in [5.41, 5.74) is 7.72. The van der Waals surface area contributed by atoms with Gasteiger partial charge in [-0.2, -0.15) is 5.10 Å². The average Bonchev–Trinajstić information content (AvgIpc) is 3.60. The van der Waals surface area contributed by atoms with E-state index in [-0.39, 0.29) is 0 Å². The van der Waals surface area contributed by atoms with Crippen LogP contribution in [0.2, 0.25) is 0 Å². The molecule has 0 atom stereocenters. The van der Waals surface area contributed by atoms with Crippen molar-refractivity contribution in [3.8, 4) is 11.4 Å². The van der Waals surface area contributed by atoms with Crippen LogP contribution < -0.4 is 5.32 Å². The van der Waals surface area contributed by atoms with Crippen LogP contribution in [0.5, 0.6) is 0 Å². The Morgan fingerprint density at radius 2 is 1.97 bits per heavy atom. The lowest BCUT2D eigenvalue weighted by Gasteiger charge is -2.12. The number of hydrogen-bond acceptors (Lipinski definition) is 2. The van der Waals surface area contributed by atoms with E-state index in [1.165, 1.54) is 47.8 Å². The normalized spacial score (nSPS) is 15.7. The minimum atomic E-state index is 0.837. The highest BCUT2D eigenvalue weighted by Gasteiger charge is 2.15.